The van der Waals surface area contributed by atoms with E-state index in [1.165, 1.54) is 29.6 Å². The number of aryl methyl sites for hydroxylation is 1. The van der Waals surface area contributed by atoms with Crippen molar-refractivity contribution in [2.45, 2.75) is 32.2 Å². The second kappa shape index (κ2) is 9.76. The molecule has 5 rings (SSSR count). The number of nitrogens with one attached hydrogen (secondary N) is 1. The van der Waals surface area contributed by atoms with E-state index < -0.39 is 11.6 Å². The Balaban J connectivity index is 1.37. The van der Waals surface area contributed by atoms with Gasteiger partial charge in [0.05, 0.1) is 11.1 Å². The maximum atomic E-state index is 15.2. The highest BCUT2D eigenvalue weighted by Gasteiger charge is 2.26. The van der Waals surface area contributed by atoms with Gasteiger partial charge in [-0.2, -0.15) is 0 Å². The zero-order valence-electron chi connectivity index (χ0n) is 20.2. The number of fused-ring (bicyclic) bond motifs is 1. The van der Waals surface area contributed by atoms with Gasteiger partial charge in [-0.15, -0.1) is 10.2 Å². The number of rotatable bonds is 6. The predicted octanol–water partition coefficient (Wildman–Crippen LogP) is 4.41. The van der Waals surface area contributed by atoms with Crippen molar-refractivity contribution < 1.29 is 13.6 Å². The highest BCUT2D eigenvalue weighted by atomic mass is 32.1. The van der Waals surface area contributed by atoms with Crippen LogP contribution in [-0.2, 0) is 6.42 Å². The number of amides is 1. The van der Waals surface area contributed by atoms with Gasteiger partial charge in [-0.05, 0) is 37.5 Å². The molecule has 0 aliphatic carbocycles. The lowest BCUT2D eigenvalue weighted by Gasteiger charge is -2.32. The van der Waals surface area contributed by atoms with Crippen LogP contribution in [0.3, 0.4) is 0 Å². The van der Waals surface area contributed by atoms with Crippen LogP contribution in [0.2, 0.25) is 0 Å². The molecule has 4 aromatic rings. The first-order valence-electron chi connectivity index (χ1n) is 11.7. The Bertz CT molecular complexity index is 1410. The molecule has 0 radical (unpaired) electrons. The van der Waals surface area contributed by atoms with Gasteiger partial charge < -0.3 is 19.7 Å². The number of benzene rings is 1. The van der Waals surface area contributed by atoms with E-state index in [1.54, 1.807) is 25.4 Å². The Morgan fingerprint density at radius 1 is 1.17 bits per heavy atom. The van der Waals surface area contributed by atoms with Crippen LogP contribution in [0.15, 0.2) is 30.7 Å². The fraction of sp³-hybridized carbons (Fsp3) is 0.375. The molecule has 3 aromatic heterocycles. The number of aromatic nitrogens is 5. The summed E-state index contributed by atoms with van der Waals surface area (Å²) in [6, 6.07) is 4.17. The molecule has 4 heterocycles. The smallest absolute Gasteiger partial charge is 0.253 e. The lowest BCUT2D eigenvalue weighted by molar-refractivity contribution is 0.0827. The fourth-order valence-corrected chi connectivity index (χ4v) is 5.23. The van der Waals surface area contributed by atoms with Crippen LogP contribution in [0.1, 0.15) is 41.2 Å². The summed E-state index contributed by atoms with van der Waals surface area (Å²) in [4.78, 5) is 24.2. The third-order valence-electron chi connectivity index (χ3n) is 6.33. The van der Waals surface area contributed by atoms with Crippen LogP contribution < -0.4 is 10.2 Å². The van der Waals surface area contributed by atoms with Gasteiger partial charge in [-0.1, -0.05) is 18.3 Å². The first kappa shape index (κ1) is 24.0. The largest absolute Gasteiger partial charge is 0.347 e. The molecule has 9 nitrogen and oxygen atoms in total. The first-order valence-corrected chi connectivity index (χ1v) is 12.5. The van der Waals surface area contributed by atoms with Gasteiger partial charge in [0, 0.05) is 45.0 Å². The zero-order valence-corrected chi connectivity index (χ0v) is 21.0. The number of halogens is 2. The number of nitrogens with zero attached hydrogens (tertiary/aromatic N) is 7. The minimum absolute atomic E-state index is 0.0580. The second-order valence-electron chi connectivity index (χ2n) is 8.87. The second-order valence-corrected chi connectivity index (χ2v) is 9.92. The van der Waals surface area contributed by atoms with Gasteiger partial charge in [0.2, 0.25) is 5.13 Å². The molecule has 0 unspecified atom stereocenters. The van der Waals surface area contributed by atoms with Gasteiger partial charge in [0.25, 0.3) is 5.91 Å². The fourth-order valence-electron chi connectivity index (χ4n) is 4.40. The molecule has 1 amide bonds. The molecule has 1 aliphatic heterocycles. The standard InChI is InChI=1S/C24H26F2N8OS/c1-4-19-30-31-24(36-19)33-9-7-15(8-10-33)34-12-17(26)20-21(27-13-28-22(20)34)29-18-6-5-14(11-16(18)25)23(35)32(2)3/h5-6,11-13,15H,4,7-10H2,1-3H3,(H,27,28,29). The summed E-state index contributed by atoms with van der Waals surface area (Å²) in [6.45, 7) is 3.62. The maximum absolute atomic E-state index is 15.2. The highest BCUT2D eigenvalue weighted by molar-refractivity contribution is 7.15. The van der Waals surface area contributed by atoms with Crippen molar-refractivity contribution in [3.8, 4) is 0 Å². The number of hydrogen-bond donors (Lipinski definition) is 1. The normalized spacial score (nSPS) is 14.4. The third-order valence-corrected chi connectivity index (χ3v) is 7.45. The van der Waals surface area contributed by atoms with Crippen molar-refractivity contribution in [3.05, 3.63) is 52.9 Å². The monoisotopic (exact) mass is 512 g/mol. The molecule has 1 N–H and O–H groups in total. The Hall–Kier alpha value is -3.67. The van der Waals surface area contributed by atoms with E-state index in [4.69, 9.17) is 0 Å². The number of piperidine rings is 1. The average Bonchev–Trinajstić information content (AvgIpc) is 3.50. The highest BCUT2D eigenvalue weighted by Crippen LogP contribution is 2.34. The Morgan fingerprint density at radius 3 is 2.61 bits per heavy atom. The molecule has 1 fully saturated rings. The number of carbonyl (C=O) groups is 1. The van der Waals surface area contributed by atoms with Crippen LogP contribution in [0, 0.1) is 11.6 Å². The summed E-state index contributed by atoms with van der Waals surface area (Å²) in [7, 11) is 3.19. The van der Waals surface area contributed by atoms with Gasteiger partial charge in [0.1, 0.15) is 28.6 Å². The molecule has 12 heteroatoms. The van der Waals surface area contributed by atoms with Gasteiger partial charge in [-0.3, -0.25) is 4.79 Å². The molecule has 36 heavy (non-hydrogen) atoms. The third kappa shape index (κ3) is 4.48. The minimum Gasteiger partial charge on any atom is -0.347 e. The summed E-state index contributed by atoms with van der Waals surface area (Å²) in [5.41, 5.74) is 0.765. The van der Waals surface area contributed by atoms with Crippen molar-refractivity contribution in [2.75, 3.05) is 37.4 Å². The Kier molecular flexibility index (Phi) is 6.52. The molecule has 0 bridgehead atoms. The molecular formula is C24H26F2N8OS. The van der Waals surface area contributed by atoms with E-state index in [9.17, 15) is 9.18 Å². The zero-order chi connectivity index (χ0) is 25.4. The Morgan fingerprint density at radius 2 is 1.94 bits per heavy atom. The van der Waals surface area contributed by atoms with Crippen molar-refractivity contribution in [3.63, 3.8) is 0 Å². The van der Waals surface area contributed by atoms with Gasteiger partial charge >= 0.3 is 0 Å². The van der Waals surface area contributed by atoms with E-state index in [2.05, 4.69) is 37.3 Å². The average molecular weight is 513 g/mol. The van der Waals surface area contributed by atoms with E-state index in [-0.39, 0.29) is 34.4 Å². The van der Waals surface area contributed by atoms with Gasteiger partial charge in [0.15, 0.2) is 5.82 Å². The molecular weight excluding hydrogens is 486 g/mol. The van der Waals surface area contributed by atoms with Crippen LogP contribution in [0.4, 0.5) is 25.4 Å². The lowest BCUT2D eigenvalue weighted by atomic mass is 10.1. The van der Waals surface area contributed by atoms with E-state index in [0.29, 0.717) is 5.65 Å². The molecule has 0 saturated carbocycles. The SMILES string of the molecule is CCc1nnc(N2CCC(n3cc(F)c4c(Nc5ccc(C(=O)N(C)C)cc5F)ncnc43)CC2)s1. The molecule has 0 atom stereocenters. The van der Waals surface area contributed by atoms with Crippen LogP contribution >= 0.6 is 11.3 Å². The predicted molar refractivity (Wildman–Crippen MR) is 135 cm³/mol. The summed E-state index contributed by atoms with van der Waals surface area (Å²) in [6.07, 6.45) is 5.24. The van der Waals surface area contributed by atoms with Crippen molar-refractivity contribution in [2.24, 2.45) is 0 Å². The minimum atomic E-state index is -0.635. The van der Waals surface area contributed by atoms with E-state index in [0.717, 1.165) is 48.6 Å². The summed E-state index contributed by atoms with van der Waals surface area (Å²) >= 11 is 1.61. The summed E-state index contributed by atoms with van der Waals surface area (Å²) in [5.74, 6) is -1.26. The molecule has 1 saturated heterocycles. The van der Waals surface area contributed by atoms with Crippen LogP contribution in [-0.4, -0.2) is 62.7 Å². The number of hydrogen-bond acceptors (Lipinski definition) is 8. The number of anilines is 3. The van der Waals surface area contributed by atoms with Crippen molar-refractivity contribution >= 4 is 44.9 Å². The Labute approximate surface area is 210 Å². The molecule has 1 aromatic carbocycles. The molecule has 1 aliphatic rings. The topological polar surface area (TPSA) is 92.1 Å². The first-order chi connectivity index (χ1) is 17.4. The van der Waals surface area contributed by atoms with E-state index >= 15 is 4.39 Å². The van der Waals surface area contributed by atoms with Crippen LogP contribution in [0.25, 0.3) is 11.0 Å². The van der Waals surface area contributed by atoms with Crippen molar-refractivity contribution in [1.29, 1.82) is 0 Å². The van der Waals surface area contributed by atoms with Gasteiger partial charge in [-0.25, -0.2) is 18.7 Å². The lowest BCUT2D eigenvalue weighted by Crippen LogP contribution is -2.34. The molecule has 0 spiro atoms. The maximum Gasteiger partial charge on any atom is 0.253 e. The summed E-state index contributed by atoms with van der Waals surface area (Å²) in [5, 5.41) is 13.5. The van der Waals surface area contributed by atoms with E-state index in [1.807, 2.05) is 4.57 Å². The summed E-state index contributed by atoms with van der Waals surface area (Å²) < 4.78 is 31.8. The number of carbonyl (C=O) groups excluding carboxylic acids is 1. The van der Waals surface area contributed by atoms with Crippen LogP contribution in [0.5, 0.6) is 0 Å². The van der Waals surface area contributed by atoms with Crippen molar-refractivity contribution in [1.82, 2.24) is 29.6 Å². The molecule has 188 valence electrons. The quantitative estimate of drug-likeness (QED) is 0.409.